The summed E-state index contributed by atoms with van der Waals surface area (Å²) in [5.41, 5.74) is 3.69. The number of carbonyl (C=O) groups is 1. The van der Waals surface area contributed by atoms with Gasteiger partial charge in [-0.1, -0.05) is 31.9 Å². The van der Waals surface area contributed by atoms with E-state index >= 15 is 0 Å². The predicted molar refractivity (Wildman–Crippen MR) is 91.0 cm³/mol. The number of fused-ring (bicyclic) bond motifs is 1. The molecule has 116 valence electrons. The van der Waals surface area contributed by atoms with E-state index in [1.54, 1.807) is 13.0 Å². The van der Waals surface area contributed by atoms with Crippen LogP contribution in [0.25, 0.3) is 17.0 Å². The Morgan fingerprint density at radius 3 is 2.82 bits per heavy atom. The molecule has 0 saturated heterocycles. The SMILES string of the molecule is CC(=Cc1ccc2c(C(C)C3CCCC3)n[nH]c2c1)C(=O)Cl. The van der Waals surface area contributed by atoms with Crippen LogP contribution < -0.4 is 0 Å². The summed E-state index contributed by atoms with van der Waals surface area (Å²) in [7, 11) is 0. The first kappa shape index (κ1) is 15.3. The van der Waals surface area contributed by atoms with Crippen LogP contribution in [-0.4, -0.2) is 15.4 Å². The van der Waals surface area contributed by atoms with Crippen LogP contribution in [0, 0.1) is 5.92 Å². The Morgan fingerprint density at radius 2 is 2.14 bits per heavy atom. The molecule has 0 amide bonds. The third-order valence-electron chi connectivity index (χ3n) is 4.85. The predicted octanol–water partition coefficient (Wildman–Crippen LogP) is 5.03. The van der Waals surface area contributed by atoms with Gasteiger partial charge in [0.25, 0.3) is 0 Å². The summed E-state index contributed by atoms with van der Waals surface area (Å²) in [4.78, 5) is 11.1. The van der Waals surface area contributed by atoms with Crippen LogP contribution in [0.1, 0.15) is 56.7 Å². The minimum absolute atomic E-state index is 0.416. The van der Waals surface area contributed by atoms with Crippen LogP contribution >= 0.6 is 11.6 Å². The smallest absolute Gasteiger partial charge is 0.248 e. The molecule has 22 heavy (non-hydrogen) atoms. The van der Waals surface area contributed by atoms with Crippen LogP contribution in [0.5, 0.6) is 0 Å². The number of benzene rings is 1. The lowest BCUT2D eigenvalue weighted by Crippen LogP contribution is -2.06. The third kappa shape index (κ3) is 2.95. The van der Waals surface area contributed by atoms with Gasteiger partial charge >= 0.3 is 0 Å². The highest BCUT2D eigenvalue weighted by molar-refractivity contribution is 6.68. The highest BCUT2D eigenvalue weighted by atomic mass is 35.5. The Kier molecular flexibility index (Phi) is 4.34. The lowest BCUT2D eigenvalue weighted by Gasteiger charge is -2.16. The van der Waals surface area contributed by atoms with Gasteiger partial charge in [0.2, 0.25) is 5.24 Å². The fraction of sp³-hybridized carbons (Fsp3) is 0.444. The van der Waals surface area contributed by atoms with E-state index in [2.05, 4.69) is 23.2 Å². The number of hydrogen-bond donors (Lipinski definition) is 1. The van der Waals surface area contributed by atoms with Gasteiger partial charge in [-0.2, -0.15) is 5.10 Å². The van der Waals surface area contributed by atoms with E-state index in [0.29, 0.717) is 11.5 Å². The second-order valence-corrected chi connectivity index (χ2v) is 6.69. The number of halogens is 1. The Bertz CT molecular complexity index is 726. The van der Waals surface area contributed by atoms with Crippen molar-refractivity contribution in [3.05, 3.63) is 35.0 Å². The molecule has 3 nitrogen and oxygen atoms in total. The average Bonchev–Trinajstić information content (AvgIpc) is 3.15. The Hall–Kier alpha value is -1.61. The lowest BCUT2D eigenvalue weighted by molar-refractivity contribution is -0.108. The Morgan fingerprint density at radius 1 is 1.41 bits per heavy atom. The molecule has 1 aliphatic rings. The van der Waals surface area contributed by atoms with Gasteiger partial charge in [-0.15, -0.1) is 0 Å². The number of nitrogens with one attached hydrogen (secondary N) is 1. The number of carbonyl (C=O) groups excluding carboxylic acids is 1. The second kappa shape index (κ2) is 6.25. The first-order valence-corrected chi connectivity index (χ1v) is 8.30. The van der Waals surface area contributed by atoms with Crippen molar-refractivity contribution in [2.45, 2.75) is 45.4 Å². The van der Waals surface area contributed by atoms with Gasteiger partial charge in [0.05, 0.1) is 11.2 Å². The average molecular weight is 317 g/mol. The van der Waals surface area contributed by atoms with Crippen molar-refractivity contribution in [3.8, 4) is 0 Å². The Labute approximate surface area is 135 Å². The molecule has 1 aromatic heterocycles. The minimum atomic E-state index is -0.416. The zero-order valence-corrected chi connectivity index (χ0v) is 13.8. The zero-order valence-electron chi connectivity index (χ0n) is 13.0. The molecule has 1 N–H and O–H groups in total. The summed E-state index contributed by atoms with van der Waals surface area (Å²) in [5.74, 6) is 1.24. The fourth-order valence-corrected chi connectivity index (χ4v) is 3.54. The number of hydrogen-bond acceptors (Lipinski definition) is 2. The molecule has 4 heteroatoms. The van der Waals surface area contributed by atoms with E-state index in [0.717, 1.165) is 17.0 Å². The van der Waals surface area contributed by atoms with E-state index in [9.17, 15) is 4.79 Å². The molecule has 2 aromatic rings. The maximum atomic E-state index is 11.1. The minimum Gasteiger partial charge on any atom is -0.278 e. The number of aromatic nitrogens is 2. The zero-order chi connectivity index (χ0) is 15.7. The molecule has 1 fully saturated rings. The molecule has 1 atom stereocenters. The van der Waals surface area contributed by atoms with Crippen molar-refractivity contribution < 1.29 is 4.79 Å². The van der Waals surface area contributed by atoms with Crippen molar-refractivity contribution in [1.29, 1.82) is 0 Å². The normalized spacial score (nSPS) is 18.0. The first-order valence-electron chi connectivity index (χ1n) is 7.92. The molecule has 0 radical (unpaired) electrons. The largest absolute Gasteiger partial charge is 0.278 e. The van der Waals surface area contributed by atoms with E-state index in [-0.39, 0.29) is 0 Å². The molecule has 1 aromatic carbocycles. The van der Waals surface area contributed by atoms with E-state index in [4.69, 9.17) is 11.6 Å². The van der Waals surface area contributed by atoms with Gasteiger partial charge in [0, 0.05) is 16.9 Å². The van der Waals surface area contributed by atoms with Crippen molar-refractivity contribution >= 4 is 33.8 Å². The second-order valence-electron chi connectivity index (χ2n) is 6.35. The van der Waals surface area contributed by atoms with Crippen LogP contribution in [-0.2, 0) is 4.79 Å². The summed E-state index contributed by atoms with van der Waals surface area (Å²) in [6.45, 7) is 4.01. The molecule has 3 rings (SSSR count). The maximum absolute atomic E-state index is 11.1. The first-order chi connectivity index (χ1) is 10.6. The number of nitrogens with zero attached hydrogens (tertiary/aromatic N) is 1. The highest BCUT2D eigenvalue weighted by Gasteiger charge is 2.25. The van der Waals surface area contributed by atoms with E-state index in [1.807, 2.05) is 12.1 Å². The maximum Gasteiger partial charge on any atom is 0.248 e. The number of rotatable bonds is 4. The molecule has 1 saturated carbocycles. The topological polar surface area (TPSA) is 45.8 Å². The van der Waals surface area contributed by atoms with E-state index < -0.39 is 5.24 Å². The molecule has 0 bridgehead atoms. The van der Waals surface area contributed by atoms with E-state index in [1.165, 1.54) is 36.8 Å². The summed E-state index contributed by atoms with van der Waals surface area (Å²) in [5, 5.41) is 8.46. The van der Waals surface area contributed by atoms with Gasteiger partial charge in [-0.25, -0.2) is 0 Å². The fourth-order valence-electron chi connectivity index (χ4n) is 3.48. The van der Waals surface area contributed by atoms with Crippen LogP contribution in [0.4, 0.5) is 0 Å². The molecule has 1 heterocycles. The summed E-state index contributed by atoms with van der Waals surface area (Å²) >= 11 is 5.49. The number of H-pyrrole nitrogens is 1. The monoisotopic (exact) mass is 316 g/mol. The van der Waals surface area contributed by atoms with Gasteiger partial charge in [0.15, 0.2) is 0 Å². The molecular formula is C18H21ClN2O. The number of aromatic amines is 1. The van der Waals surface area contributed by atoms with Crippen molar-refractivity contribution in [2.75, 3.05) is 0 Å². The molecule has 1 aliphatic carbocycles. The van der Waals surface area contributed by atoms with Crippen molar-refractivity contribution in [1.82, 2.24) is 10.2 Å². The summed E-state index contributed by atoms with van der Waals surface area (Å²) in [6, 6.07) is 6.14. The lowest BCUT2D eigenvalue weighted by atomic mass is 9.88. The van der Waals surface area contributed by atoms with Crippen molar-refractivity contribution in [2.24, 2.45) is 5.92 Å². The summed E-state index contributed by atoms with van der Waals surface area (Å²) < 4.78 is 0. The molecule has 1 unspecified atom stereocenters. The van der Waals surface area contributed by atoms with Crippen LogP contribution in [0.15, 0.2) is 23.8 Å². The van der Waals surface area contributed by atoms with Gasteiger partial charge in [-0.05, 0) is 55.0 Å². The summed E-state index contributed by atoms with van der Waals surface area (Å²) in [6.07, 6.45) is 7.12. The van der Waals surface area contributed by atoms with Gasteiger partial charge in [0.1, 0.15) is 0 Å². The highest BCUT2D eigenvalue weighted by Crippen LogP contribution is 2.38. The third-order valence-corrected chi connectivity index (χ3v) is 5.15. The standard InChI is InChI=1S/C18H21ClN2O/c1-11(18(19)22)9-13-7-8-15-16(10-13)20-21-17(15)12(2)14-5-3-4-6-14/h7-10,12,14H,3-6H2,1-2H3,(H,20,21). The quantitative estimate of drug-likeness (QED) is 0.635. The van der Waals surface area contributed by atoms with Crippen LogP contribution in [0.3, 0.4) is 0 Å². The Balaban J connectivity index is 1.92. The molecule has 0 aliphatic heterocycles. The van der Waals surface area contributed by atoms with Gasteiger partial charge in [-0.3, -0.25) is 9.89 Å². The molecular weight excluding hydrogens is 296 g/mol. The van der Waals surface area contributed by atoms with Gasteiger partial charge < -0.3 is 0 Å². The number of allylic oxidation sites excluding steroid dienone is 1. The van der Waals surface area contributed by atoms with Crippen LogP contribution in [0.2, 0.25) is 0 Å². The molecule has 0 spiro atoms. The van der Waals surface area contributed by atoms with Crippen molar-refractivity contribution in [3.63, 3.8) is 0 Å².